The molecule has 16 heavy (non-hydrogen) atoms. The second-order valence-electron chi connectivity index (χ2n) is 3.29. The second-order valence-corrected chi connectivity index (χ2v) is 3.29. The summed E-state index contributed by atoms with van der Waals surface area (Å²) < 4.78 is 4.40. The Morgan fingerprint density at radius 1 is 1.12 bits per heavy atom. The fraction of sp³-hybridized carbons (Fsp3) is 0.385. The van der Waals surface area contributed by atoms with Crippen LogP contribution >= 0.6 is 0 Å². The molecule has 0 fully saturated rings. The normalized spacial score (nSPS) is 8.69. The zero-order chi connectivity index (χ0) is 12.4. The zero-order valence-electron chi connectivity index (χ0n) is 10.0. The lowest BCUT2D eigenvalue weighted by Crippen LogP contribution is -1.95. The fourth-order valence-corrected chi connectivity index (χ4v) is 1.09. The Morgan fingerprint density at radius 3 is 2.00 bits per heavy atom. The summed E-state index contributed by atoms with van der Waals surface area (Å²) in [6, 6.07) is 9.75. The van der Waals surface area contributed by atoms with E-state index >= 15 is 0 Å². The van der Waals surface area contributed by atoms with Crippen molar-refractivity contribution in [3.8, 4) is 0 Å². The van der Waals surface area contributed by atoms with Gasteiger partial charge in [0, 0.05) is 13.3 Å². The van der Waals surface area contributed by atoms with Crippen LogP contribution in [0.5, 0.6) is 0 Å². The Labute approximate surface area is 96.4 Å². The summed E-state index contributed by atoms with van der Waals surface area (Å²) >= 11 is 0. The molecule has 0 atom stereocenters. The van der Waals surface area contributed by atoms with E-state index in [0.29, 0.717) is 13.0 Å². The van der Waals surface area contributed by atoms with Crippen LogP contribution in [-0.4, -0.2) is 18.4 Å². The molecule has 0 N–H and O–H groups in total. The molecule has 0 unspecified atom stereocenters. The summed E-state index contributed by atoms with van der Waals surface area (Å²) in [6.07, 6.45) is 0.556. The molecule has 88 valence electrons. The molecule has 0 bridgehead atoms. The van der Waals surface area contributed by atoms with Crippen LogP contribution in [-0.2, 0) is 20.7 Å². The lowest BCUT2D eigenvalue weighted by molar-refractivity contribution is -0.140. The highest BCUT2D eigenvalue weighted by molar-refractivity contribution is 5.78. The molecule has 1 rings (SSSR count). The minimum atomic E-state index is -0.211. The van der Waals surface area contributed by atoms with E-state index in [0.717, 1.165) is 5.56 Å². The lowest BCUT2D eigenvalue weighted by atomic mass is 10.1. The summed E-state index contributed by atoms with van der Waals surface area (Å²) in [5.74, 6) is 0.00343. The summed E-state index contributed by atoms with van der Waals surface area (Å²) in [5, 5.41) is 0. The number of ketones is 1. The van der Waals surface area contributed by atoms with Crippen LogP contribution in [0.2, 0.25) is 0 Å². The van der Waals surface area contributed by atoms with Gasteiger partial charge >= 0.3 is 5.97 Å². The number of rotatable bonds is 3. The van der Waals surface area contributed by atoms with Crippen molar-refractivity contribution >= 4 is 11.8 Å². The van der Waals surface area contributed by atoms with Gasteiger partial charge in [0.2, 0.25) is 0 Å². The highest BCUT2D eigenvalue weighted by atomic mass is 16.5. The van der Waals surface area contributed by atoms with Gasteiger partial charge in [0.1, 0.15) is 5.78 Å². The summed E-state index contributed by atoms with van der Waals surface area (Å²) in [6.45, 7) is 5.26. The molecular formula is C13H18O3. The van der Waals surface area contributed by atoms with E-state index in [-0.39, 0.29) is 11.8 Å². The smallest absolute Gasteiger partial charge is 0.302 e. The van der Waals surface area contributed by atoms with Crippen molar-refractivity contribution in [1.29, 1.82) is 0 Å². The van der Waals surface area contributed by atoms with E-state index in [2.05, 4.69) is 4.74 Å². The molecule has 0 aromatic heterocycles. The van der Waals surface area contributed by atoms with Crippen LogP contribution in [0.3, 0.4) is 0 Å². The van der Waals surface area contributed by atoms with Gasteiger partial charge in [0.15, 0.2) is 0 Å². The van der Waals surface area contributed by atoms with E-state index in [1.165, 1.54) is 6.92 Å². The van der Waals surface area contributed by atoms with Crippen LogP contribution in [0.25, 0.3) is 0 Å². The molecule has 0 saturated heterocycles. The number of hydrogen-bond donors (Lipinski definition) is 0. The predicted molar refractivity (Wildman–Crippen MR) is 63.1 cm³/mol. The van der Waals surface area contributed by atoms with Crippen molar-refractivity contribution < 1.29 is 14.3 Å². The second kappa shape index (κ2) is 8.65. The lowest BCUT2D eigenvalue weighted by Gasteiger charge is -1.93. The van der Waals surface area contributed by atoms with Gasteiger partial charge in [0.25, 0.3) is 0 Å². The number of esters is 1. The van der Waals surface area contributed by atoms with Crippen LogP contribution in [0.4, 0.5) is 0 Å². The molecule has 0 radical (unpaired) electrons. The van der Waals surface area contributed by atoms with Crippen LogP contribution in [0, 0.1) is 0 Å². The first kappa shape index (κ1) is 14.4. The molecule has 1 aromatic rings. The molecule has 0 spiro atoms. The van der Waals surface area contributed by atoms with Gasteiger partial charge in [-0.05, 0) is 19.4 Å². The number of ether oxygens (including phenoxy) is 1. The molecule has 1 aromatic carbocycles. The monoisotopic (exact) mass is 222 g/mol. The molecular weight excluding hydrogens is 204 g/mol. The Balaban J connectivity index is 0.000000325. The van der Waals surface area contributed by atoms with Gasteiger partial charge in [0.05, 0.1) is 6.61 Å². The van der Waals surface area contributed by atoms with E-state index in [1.807, 2.05) is 30.3 Å². The SMILES string of the molecule is CC(=O)Cc1ccccc1.CCOC(C)=O. The molecule has 0 aliphatic rings. The minimum absolute atomic E-state index is 0.211. The first-order chi connectivity index (χ1) is 7.56. The quantitative estimate of drug-likeness (QED) is 0.737. The van der Waals surface area contributed by atoms with Crippen LogP contribution < -0.4 is 0 Å². The highest BCUT2D eigenvalue weighted by Crippen LogP contribution is 1.98. The number of benzene rings is 1. The minimum Gasteiger partial charge on any atom is -0.466 e. The van der Waals surface area contributed by atoms with Gasteiger partial charge < -0.3 is 4.74 Å². The molecule has 0 aliphatic heterocycles. The summed E-state index contributed by atoms with van der Waals surface area (Å²) in [5.41, 5.74) is 1.09. The summed E-state index contributed by atoms with van der Waals surface area (Å²) in [7, 11) is 0. The fourth-order valence-electron chi connectivity index (χ4n) is 1.09. The first-order valence-electron chi connectivity index (χ1n) is 5.23. The van der Waals surface area contributed by atoms with Gasteiger partial charge in [-0.25, -0.2) is 0 Å². The van der Waals surface area contributed by atoms with Crippen molar-refractivity contribution in [2.45, 2.75) is 27.2 Å². The third-order valence-electron chi connectivity index (χ3n) is 1.64. The van der Waals surface area contributed by atoms with Crippen LogP contribution in [0.15, 0.2) is 30.3 Å². The number of carbonyl (C=O) groups is 2. The Bertz CT molecular complexity index is 317. The Morgan fingerprint density at radius 2 is 1.69 bits per heavy atom. The average Bonchev–Trinajstić information content (AvgIpc) is 2.18. The van der Waals surface area contributed by atoms with Crippen molar-refractivity contribution in [3.05, 3.63) is 35.9 Å². The van der Waals surface area contributed by atoms with Gasteiger partial charge in [-0.3, -0.25) is 9.59 Å². The molecule has 3 heteroatoms. The van der Waals surface area contributed by atoms with Crippen molar-refractivity contribution in [2.75, 3.05) is 6.61 Å². The largest absolute Gasteiger partial charge is 0.466 e. The maximum absolute atomic E-state index is 10.6. The number of carbonyl (C=O) groups excluding carboxylic acids is 2. The van der Waals surface area contributed by atoms with E-state index < -0.39 is 0 Å². The Hall–Kier alpha value is -1.64. The van der Waals surface area contributed by atoms with Gasteiger partial charge in [-0.15, -0.1) is 0 Å². The van der Waals surface area contributed by atoms with Gasteiger partial charge in [-0.2, -0.15) is 0 Å². The van der Waals surface area contributed by atoms with Gasteiger partial charge in [-0.1, -0.05) is 30.3 Å². The zero-order valence-corrected chi connectivity index (χ0v) is 10.0. The molecule has 3 nitrogen and oxygen atoms in total. The average molecular weight is 222 g/mol. The molecule has 0 amide bonds. The van der Waals surface area contributed by atoms with E-state index in [1.54, 1.807) is 13.8 Å². The van der Waals surface area contributed by atoms with Crippen molar-refractivity contribution in [1.82, 2.24) is 0 Å². The third kappa shape index (κ3) is 8.94. The standard InChI is InChI=1S/C9H10O.C4H8O2/c1-8(10)7-9-5-3-2-4-6-9;1-3-6-4(2)5/h2-6H,7H2,1H3;3H2,1-2H3. The number of Topliss-reactive ketones (excluding diaryl/α,β-unsaturated/α-hetero) is 1. The number of hydrogen-bond acceptors (Lipinski definition) is 3. The third-order valence-corrected chi connectivity index (χ3v) is 1.64. The highest BCUT2D eigenvalue weighted by Gasteiger charge is 1.93. The van der Waals surface area contributed by atoms with E-state index in [9.17, 15) is 9.59 Å². The first-order valence-corrected chi connectivity index (χ1v) is 5.23. The summed E-state index contributed by atoms with van der Waals surface area (Å²) in [4.78, 5) is 20.4. The van der Waals surface area contributed by atoms with Crippen molar-refractivity contribution in [2.24, 2.45) is 0 Å². The molecule has 0 saturated carbocycles. The Kier molecular flexibility index (Phi) is 7.76. The molecule has 0 heterocycles. The maximum Gasteiger partial charge on any atom is 0.302 e. The molecule has 0 aliphatic carbocycles. The van der Waals surface area contributed by atoms with E-state index in [4.69, 9.17) is 0 Å². The topological polar surface area (TPSA) is 43.4 Å². The van der Waals surface area contributed by atoms with Crippen LogP contribution in [0.1, 0.15) is 26.3 Å². The predicted octanol–water partition coefficient (Wildman–Crippen LogP) is 2.39. The maximum atomic E-state index is 10.6. The van der Waals surface area contributed by atoms with Crippen molar-refractivity contribution in [3.63, 3.8) is 0 Å².